The molecule has 3 aromatic rings. The van der Waals surface area contributed by atoms with E-state index in [0.717, 1.165) is 52.6 Å². The molecular formula is C20H20ClN3O. The maximum absolute atomic E-state index is 6.51. The minimum absolute atomic E-state index is 0.418. The van der Waals surface area contributed by atoms with Gasteiger partial charge in [-0.3, -0.25) is 14.9 Å². The predicted molar refractivity (Wildman–Crippen MR) is 99.8 cm³/mol. The predicted octanol–water partition coefficient (Wildman–Crippen LogP) is 4.46. The molecule has 25 heavy (non-hydrogen) atoms. The molecule has 1 aromatic carbocycles. The fourth-order valence-electron chi connectivity index (χ4n) is 3.32. The van der Waals surface area contributed by atoms with Gasteiger partial charge in [-0.25, -0.2) is 0 Å². The molecule has 1 aliphatic rings. The van der Waals surface area contributed by atoms with Crippen LogP contribution in [-0.2, 0) is 13.2 Å². The SMILES string of the molecule is Clc1cc(CN2CCCC2)c(OCc2ccccn2)c2ncccc12. The highest BCUT2D eigenvalue weighted by molar-refractivity contribution is 6.35. The molecule has 0 spiro atoms. The van der Waals surface area contributed by atoms with Crippen LogP contribution in [-0.4, -0.2) is 28.0 Å². The quantitative estimate of drug-likeness (QED) is 0.678. The number of likely N-dealkylation sites (tertiary alicyclic amines) is 1. The number of nitrogens with zero attached hydrogens (tertiary/aromatic N) is 3. The number of hydrogen-bond acceptors (Lipinski definition) is 4. The first-order valence-electron chi connectivity index (χ1n) is 8.62. The Morgan fingerprint density at radius 2 is 1.88 bits per heavy atom. The van der Waals surface area contributed by atoms with Crippen LogP contribution < -0.4 is 4.74 Å². The van der Waals surface area contributed by atoms with E-state index in [1.807, 2.05) is 36.4 Å². The number of hydrogen-bond donors (Lipinski definition) is 0. The Kier molecular flexibility index (Phi) is 4.81. The average Bonchev–Trinajstić information content (AvgIpc) is 3.15. The van der Waals surface area contributed by atoms with Crippen molar-refractivity contribution in [3.05, 3.63) is 65.1 Å². The number of halogens is 1. The first-order chi connectivity index (χ1) is 12.3. The lowest BCUT2D eigenvalue weighted by atomic mass is 10.1. The van der Waals surface area contributed by atoms with Crippen molar-refractivity contribution < 1.29 is 4.74 Å². The molecular weight excluding hydrogens is 334 g/mol. The molecule has 1 fully saturated rings. The third-order valence-electron chi connectivity index (χ3n) is 4.56. The van der Waals surface area contributed by atoms with Crippen LogP contribution in [0.2, 0.25) is 5.02 Å². The van der Waals surface area contributed by atoms with Crippen LogP contribution in [0.4, 0.5) is 0 Å². The number of ether oxygens (including phenoxy) is 1. The van der Waals surface area contributed by atoms with Gasteiger partial charge in [0.05, 0.1) is 10.7 Å². The van der Waals surface area contributed by atoms with Gasteiger partial charge in [0.2, 0.25) is 0 Å². The van der Waals surface area contributed by atoms with Gasteiger partial charge in [0.1, 0.15) is 12.1 Å². The number of pyridine rings is 2. The van der Waals surface area contributed by atoms with E-state index in [1.54, 1.807) is 12.4 Å². The maximum atomic E-state index is 6.51. The molecule has 0 radical (unpaired) electrons. The van der Waals surface area contributed by atoms with Gasteiger partial charge < -0.3 is 4.74 Å². The normalized spacial score (nSPS) is 14.9. The maximum Gasteiger partial charge on any atom is 0.150 e. The summed E-state index contributed by atoms with van der Waals surface area (Å²) in [5.74, 6) is 0.817. The van der Waals surface area contributed by atoms with Crippen molar-refractivity contribution >= 4 is 22.5 Å². The molecule has 0 N–H and O–H groups in total. The van der Waals surface area contributed by atoms with Crippen LogP contribution in [0.25, 0.3) is 10.9 Å². The molecule has 0 amide bonds. The third-order valence-corrected chi connectivity index (χ3v) is 4.87. The molecule has 0 aliphatic carbocycles. The van der Waals surface area contributed by atoms with Crippen molar-refractivity contribution in [3.8, 4) is 5.75 Å². The molecule has 3 heterocycles. The monoisotopic (exact) mass is 353 g/mol. The lowest BCUT2D eigenvalue weighted by Gasteiger charge is -2.19. The van der Waals surface area contributed by atoms with Gasteiger partial charge in [-0.15, -0.1) is 0 Å². The Morgan fingerprint density at radius 1 is 1.04 bits per heavy atom. The van der Waals surface area contributed by atoms with Crippen LogP contribution in [0.3, 0.4) is 0 Å². The summed E-state index contributed by atoms with van der Waals surface area (Å²) in [7, 11) is 0. The zero-order valence-electron chi connectivity index (χ0n) is 14.0. The Labute approximate surface area is 152 Å². The van der Waals surface area contributed by atoms with E-state index in [-0.39, 0.29) is 0 Å². The molecule has 128 valence electrons. The molecule has 4 nitrogen and oxygen atoms in total. The summed E-state index contributed by atoms with van der Waals surface area (Å²) in [6.07, 6.45) is 6.07. The summed E-state index contributed by atoms with van der Waals surface area (Å²) in [5, 5.41) is 1.65. The second-order valence-electron chi connectivity index (χ2n) is 6.34. The molecule has 0 saturated carbocycles. The largest absolute Gasteiger partial charge is 0.485 e. The van der Waals surface area contributed by atoms with E-state index >= 15 is 0 Å². The van der Waals surface area contributed by atoms with Gasteiger partial charge in [-0.1, -0.05) is 17.7 Å². The van der Waals surface area contributed by atoms with Gasteiger partial charge in [0, 0.05) is 29.9 Å². The second kappa shape index (κ2) is 7.38. The van der Waals surface area contributed by atoms with Crippen molar-refractivity contribution in [1.29, 1.82) is 0 Å². The van der Waals surface area contributed by atoms with Crippen LogP contribution >= 0.6 is 11.6 Å². The Hall–Kier alpha value is -2.17. The van der Waals surface area contributed by atoms with E-state index in [2.05, 4.69) is 14.9 Å². The fraction of sp³-hybridized carbons (Fsp3) is 0.300. The van der Waals surface area contributed by atoms with Crippen molar-refractivity contribution in [2.45, 2.75) is 26.0 Å². The van der Waals surface area contributed by atoms with Crippen molar-refractivity contribution in [3.63, 3.8) is 0 Å². The van der Waals surface area contributed by atoms with E-state index < -0.39 is 0 Å². The standard InChI is InChI=1S/C20H20ClN3O/c21-18-12-15(13-24-10-3-4-11-24)20(19-17(18)7-5-9-23-19)25-14-16-6-1-2-8-22-16/h1-2,5-9,12H,3-4,10-11,13-14H2. The van der Waals surface area contributed by atoms with Crippen LogP contribution in [0.1, 0.15) is 24.1 Å². The van der Waals surface area contributed by atoms with Gasteiger partial charge in [-0.2, -0.15) is 0 Å². The first kappa shape index (κ1) is 16.3. The number of benzene rings is 1. The summed E-state index contributed by atoms with van der Waals surface area (Å²) in [4.78, 5) is 11.3. The van der Waals surface area contributed by atoms with Crippen LogP contribution in [0, 0.1) is 0 Å². The molecule has 0 atom stereocenters. The molecule has 1 aliphatic heterocycles. The Morgan fingerprint density at radius 3 is 2.68 bits per heavy atom. The lowest BCUT2D eigenvalue weighted by Crippen LogP contribution is -2.19. The van der Waals surface area contributed by atoms with E-state index in [0.29, 0.717) is 6.61 Å². The minimum atomic E-state index is 0.418. The molecule has 1 saturated heterocycles. The molecule has 0 bridgehead atoms. The Bertz CT molecular complexity index is 863. The van der Waals surface area contributed by atoms with Gasteiger partial charge in [0.25, 0.3) is 0 Å². The van der Waals surface area contributed by atoms with E-state index in [4.69, 9.17) is 16.3 Å². The highest BCUT2D eigenvalue weighted by Gasteiger charge is 2.18. The first-order valence-corrected chi connectivity index (χ1v) is 9.00. The zero-order chi connectivity index (χ0) is 17.1. The smallest absolute Gasteiger partial charge is 0.150 e. The van der Waals surface area contributed by atoms with Crippen molar-refractivity contribution in [1.82, 2.24) is 14.9 Å². The molecule has 0 unspecified atom stereocenters. The molecule has 4 rings (SSSR count). The fourth-order valence-corrected chi connectivity index (χ4v) is 3.60. The van der Waals surface area contributed by atoms with Crippen LogP contribution in [0.15, 0.2) is 48.8 Å². The topological polar surface area (TPSA) is 38.2 Å². The van der Waals surface area contributed by atoms with Gasteiger partial charge in [-0.05, 0) is 56.3 Å². The summed E-state index contributed by atoms with van der Waals surface area (Å²) < 4.78 is 6.19. The van der Waals surface area contributed by atoms with Crippen molar-refractivity contribution in [2.24, 2.45) is 0 Å². The van der Waals surface area contributed by atoms with E-state index in [9.17, 15) is 0 Å². The summed E-state index contributed by atoms with van der Waals surface area (Å²) in [6.45, 7) is 3.50. The van der Waals surface area contributed by atoms with E-state index in [1.165, 1.54) is 12.8 Å². The number of aromatic nitrogens is 2. The third kappa shape index (κ3) is 3.60. The number of rotatable bonds is 5. The van der Waals surface area contributed by atoms with Gasteiger partial charge >= 0.3 is 0 Å². The highest BCUT2D eigenvalue weighted by Crippen LogP contribution is 2.35. The highest BCUT2D eigenvalue weighted by atomic mass is 35.5. The average molecular weight is 354 g/mol. The summed E-state index contributed by atoms with van der Waals surface area (Å²) in [5.41, 5.74) is 2.81. The Balaban J connectivity index is 1.71. The second-order valence-corrected chi connectivity index (χ2v) is 6.75. The molecule has 5 heteroatoms. The van der Waals surface area contributed by atoms with Crippen molar-refractivity contribution in [2.75, 3.05) is 13.1 Å². The van der Waals surface area contributed by atoms with Crippen LogP contribution in [0.5, 0.6) is 5.75 Å². The summed E-state index contributed by atoms with van der Waals surface area (Å²) >= 11 is 6.51. The zero-order valence-corrected chi connectivity index (χ0v) is 14.7. The number of fused-ring (bicyclic) bond motifs is 1. The molecule has 2 aromatic heterocycles. The summed E-state index contributed by atoms with van der Waals surface area (Å²) in [6, 6.07) is 11.7. The van der Waals surface area contributed by atoms with Gasteiger partial charge in [0.15, 0.2) is 5.75 Å². The lowest BCUT2D eigenvalue weighted by molar-refractivity contribution is 0.285. The minimum Gasteiger partial charge on any atom is -0.485 e.